The highest BCUT2D eigenvalue weighted by molar-refractivity contribution is 5.90. The van der Waals surface area contributed by atoms with Gasteiger partial charge in [0.1, 0.15) is 0 Å². The molecule has 0 unspecified atom stereocenters. The van der Waals surface area contributed by atoms with Crippen molar-refractivity contribution >= 4 is 23.6 Å². The summed E-state index contributed by atoms with van der Waals surface area (Å²) in [6.45, 7) is 6.66. The molecule has 0 rings (SSSR count). The predicted molar refractivity (Wildman–Crippen MR) is 286 cm³/mol. The highest BCUT2D eigenvalue weighted by atomic mass is 16.3. The first-order valence-electron chi connectivity index (χ1n) is 28.6. The zero-order valence-corrected chi connectivity index (χ0v) is 44.7. The first-order chi connectivity index (χ1) is 33.2. The molecule has 0 radical (unpaired) electrons. The average Bonchev–Trinajstić information content (AvgIpc) is 3.33. The maximum atomic E-state index is 14.2. The maximum Gasteiger partial charge on any atom is 0.242 e. The summed E-state index contributed by atoms with van der Waals surface area (Å²) in [7, 11) is 0. The minimum atomic E-state index is -0.638. The molecule has 0 bridgehead atoms. The standard InChI is InChI=1S/C57H109N5O6/c1-4-7-10-13-16-19-21-23-25-27-29-31-33-36-38-41-44-60(48-54(58)65)56(67)50-62(46-43-40-35-18-15-12-9-6-3)57(68)49-61(55(66)47-59-53(51-63)52-64)45-42-39-37-34-32-30-28-26-24-22-20-17-14-11-8-5-2/h23-26,53,59,63-64H,4-22,27-52H2,1-3H3,(H2,58,65)/b25-23-,26-24-. The Kier molecular flexibility index (Phi) is 48.6. The molecule has 0 aliphatic rings. The average molecular weight is 961 g/mol. The molecule has 0 aromatic heterocycles. The largest absolute Gasteiger partial charge is 0.395 e. The molecule has 0 saturated carbocycles. The zero-order valence-electron chi connectivity index (χ0n) is 44.7. The van der Waals surface area contributed by atoms with Crippen LogP contribution < -0.4 is 11.1 Å². The molecule has 0 aromatic rings. The van der Waals surface area contributed by atoms with Crippen molar-refractivity contribution in [2.45, 2.75) is 258 Å². The third-order valence-electron chi connectivity index (χ3n) is 13.2. The van der Waals surface area contributed by atoms with Crippen molar-refractivity contribution in [2.24, 2.45) is 5.73 Å². The fraction of sp³-hybridized carbons (Fsp3) is 0.860. The Hall–Kier alpha value is -2.76. The number of nitrogens with two attached hydrogens (primary N) is 1. The van der Waals surface area contributed by atoms with Crippen LogP contribution in [0.3, 0.4) is 0 Å². The van der Waals surface area contributed by atoms with Crippen LogP contribution in [0.4, 0.5) is 0 Å². The van der Waals surface area contributed by atoms with Gasteiger partial charge in [-0.25, -0.2) is 0 Å². The quantitative estimate of drug-likeness (QED) is 0.0349. The Balaban J connectivity index is 5.34. The van der Waals surface area contributed by atoms with Crippen LogP contribution >= 0.6 is 0 Å². The highest BCUT2D eigenvalue weighted by Crippen LogP contribution is 2.14. The fourth-order valence-electron chi connectivity index (χ4n) is 8.66. The molecule has 0 aliphatic carbocycles. The SMILES string of the molecule is CCCCCCCC/C=C\CCCCCCCCN(CC(N)=O)C(=O)CN(CCCCCCCCCC)C(=O)CN(CCCCCCCC/C=C\CCCCCCCC)C(=O)CNC(CO)CO. The van der Waals surface area contributed by atoms with Crippen LogP contribution in [0.25, 0.3) is 0 Å². The number of nitrogens with one attached hydrogen (secondary N) is 1. The lowest BCUT2D eigenvalue weighted by Gasteiger charge is -2.30. The monoisotopic (exact) mass is 960 g/mol. The summed E-state index contributed by atoms with van der Waals surface area (Å²) in [4.78, 5) is 58.5. The first-order valence-corrected chi connectivity index (χ1v) is 28.6. The van der Waals surface area contributed by atoms with Crippen molar-refractivity contribution in [3.05, 3.63) is 24.3 Å². The minimum absolute atomic E-state index is 0.120. The summed E-state index contributed by atoms with van der Waals surface area (Å²) in [5, 5.41) is 22.1. The van der Waals surface area contributed by atoms with Gasteiger partial charge in [-0.2, -0.15) is 0 Å². The summed E-state index contributed by atoms with van der Waals surface area (Å²) < 4.78 is 0. The molecule has 0 heterocycles. The highest BCUT2D eigenvalue weighted by Gasteiger charge is 2.25. The number of aliphatic hydroxyl groups is 2. The van der Waals surface area contributed by atoms with E-state index >= 15 is 0 Å². The third kappa shape index (κ3) is 42.1. The van der Waals surface area contributed by atoms with Crippen LogP contribution in [-0.2, 0) is 19.2 Å². The van der Waals surface area contributed by atoms with Crippen LogP contribution in [0.5, 0.6) is 0 Å². The van der Waals surface area contributed by atoms with Crippen LogP contribution in [0.2, 0.25) is 0 Å². The molecular formula is C57H109N5O6. The molecule has 0 atom stereocenters. The summed E-state index contributed by atoms with van der Waals surface area (Å²) in [6.07, 6.45) is 51.2. The summed E-state index contributed by atoms with van der Waals surface area (Å²) in [5.74, 6) is -1.46. The Labute approximate surface area is 418 Å². The second kappa shape index (κ2) is 50.6. The molecule has 11 nitrogen and oxygen atoms in total. The van der Waals surface area contributed by atoms with E-state index in [9.17, 15) is 29.4 Å². The van der Waals surface area contributed by atoms with Crippen molar-refractivity contribution in [2.75, 3.05) is 59.0 Å². The number of allylic oxidation sites excluding steroid dienone is 4. The van der Waals surface area contributed by atoms with Crippen molar-refractivity contribution in [1.29, 1.82) is 0 Å². The van der Waals surface area contributed by atoms with Crippen LogP contribution in [0.15, 0.2) is 24.3 Å². The predicted octanol–water partition coefficient (Wildman–Crippen LogP) is 12.1. The first kappa shape index (κ1) is 65.2. The molecule has 68 heavy (non-hydrogen) atoms. The number of carbonyl (C=O) groups excluding carboxylic acids is 4. The van der Waals surface area contributed by atoms with E-state index in [0.29, 0.717) is 19.6 Å². The third-order valence-corrected chi connectivity index (χ3v) is 13.2. The number of hydrogen-bond acceptors (Lipinski definition) is 7. The summed E-state index contributed by atoms with van der Waals surface area (Å²) in [6, 6.07) is -0.638. The molecule has 398 valence electrons. The van der Waals surface area contributed by atoms with E-state index in [-0.39, 0.29) is 57.1 Å². The Morgan fingerprint density at radius 2 is 0.662 bits per heavy atom. The molecule has 0 spiro atoms. The van der Waals surface area contributed by atoms with Gasteiger partial charge in [0, 0.05) is 19.6 Å². The van der Waals surface area contributed by atoms with Gasteiger partial charge in [-0.15, -0.1) is 0 Å². The Bertz CT molecular complexity index is 1230. The fourth-order valence-corrected chi connectivity index (χ4v) is 8.66. The number of amides is 4. The lowest BCUT2D eigenvalue weighted by molar-refractivity contribution is -0.144. The van der Waals surface area contributed by atoms with Gasteiger partial charge in [0.25, 0.3) is 0 Å². The summed E-state index contributed by atoms with van der Waals surface area (Å²) >= 11 is 0. The molecule has 5 N–H and O–H groups in total. The maximum absolute atomic E-state index is 14.2. The van der Waals surface area contributed by atoms with E-state index in [1.54, 1.807) is 9.80 Å². The van der Waals surface area contributed by atoms with Gasteiger partial charge in [-0.3, -0.25) is 19.2 Å². The van der Waals surface area contributed by atoms with Gasteiger partial charge in [-0.1, -0.05) is 206 Å². The van der Waals surface area contributed by atoms with Crippen LogP contribution in [-0.4, -0.2) is 114 Å². The summed E-state index contributed by atoms with van der Waals surface area (Å²) in [5.41, 5.74) is 5.64. The Morgan fingerprint density at radius 1 is 0.397 bits per heavy atom. The van der Waals surface area contributed by atoms with Crippen molar-refractivity contribution < 1.29 is 29.4 Å². The van der Waals surface area contributed by atoms with Crippen LogP contribution in [0.1, 0.15) is 252 Å². The van der Waals surface area contributed by atoms with E-state index in [4.69, 9.17) is 5.73 Å². The number of primary amides is 1. The molecular weight excluding hydrogens is 851 g/mol. The second-order valence-electron chi connectivity index (χ2n) is 19.7. The lowest BCUT2D eigenvalue weighted by atomic mass is 10.1. The number of nitrogens with zero attached hydrogens (tertiary/aromatic N) is 3. The normalized spacial score (nSPS) is 11.7. The number of hydrogen-bond donors (Lipinski definition) is 4. The lowest BCUT2D eigenvalue weighted by Crippen LogP contribution is -2.51. The van der Waals surface area contributed by atoms with E-state index in [1.165, 1.54) is 146 Å². The van der Waals surface area contributed by atoms with E-state index in [1.807, 2.05) is 0 Å². The van der Waals surface area contributed by atoms with Gasteiger partial charge in [0.05, 0.1) is 45.4 Å². The molecule has 0 fully saturated rings. The number of unbranched alkanes of at least 4 members (excludes halogenated alkanes) is 31. The molecule has 11 heteroatoms. The van der Waals surface area contributed by atoms with Gasteiger partial charge >= 0.3 is 0 Å². The van der Waals surface area contributed by atoms with Gasteiger partial charge < -0.3 is 36.0 Å². The molecule has 0 aromatic carbocycles. The van der Waals surface area contributed by atoms with E-state index < -0.39 is 11.9 Å². The topological polar surface area (TPSA) is 157 Å². The molecule has 0 saturated heterocycles. The Morgan fingerprint density at radius 3 is 0.956 bits per heavy atom. The van der Waals surface area contributed by atoms with Crippen molar-refractivity contribution in [3.8, 4) is 0 Å². The molecule has 4 amide bonds. The number of aliphatic hydroxyl groups excluding tert-OH is 2. The minimum Gasteiger partial charge on any atom is -0.395 e. The number of rotatable bonds is 52. The van der Waals surface area contributed by atoms with Crippen molar-refractivity contribution in [3.63, 3.8) is 0 Å². The van der Waals surface area contributed by atoms with Gasteiger partial charge in [0.15, 0.2) is 0 Å². The molecule has 0 aliphatic heterocycles. The smallest absolute Gasteiger partial charge is 0.242 e. The van der Waals surface area contributed by atoms with Gasteiger partial charge in [0.2, 0.25) is 23.6 Å². The van der Waals surface area contributed by atoms with Crippen molar-refractivity contribution in [1.82, 2.24) is 20.0 Å². The van der Waals surface area contributed by atoms with Crippen LogP contribution in [0, 0.1) is 0 Å². The van der Waals surface area contributed by atoms with Gasteiger partial charge in [-0.05, 0) is 70.6 Å². The second-order valence-corrected chi connectivity index (χ2v) is 19.7. The zero-order chi connectivity index (χ0) is 50.0. The van der Waals surface area contributed by atoms with E-state index in [2.05, 4.69) is 50.4 Å². The van der Waals surface area contributed by atoms with E-state index in [0.717, 1.165) is 89.9 Å². The number of carbonyl (C=O) groups is 4.